The predicted molar refractivity (Wildman–Crippen MR) is 200 cm³/mol. The molecule has 1 unspecified atom stereocenters. The molecule has 6 amide bonds. The maximum Gasteiger partial charge on any atom is 0.273 e. The number of piperidine rings is 1. The minimum atomic E-state index is -1.04. The first kappa shape index (κ1) is 38.9. The van der Waals surface area contributed by atoms with Crippen LogP contribution in [0.4, 0.5) is 22.9 Å². The fraction of sp³-hybridized carbons (Fsp3) is 0.333. The standard InChI is InChI=1S/C36H40N12O8/c1-37-34(52)30-24(41-23-10-5-8-21(31(23)55-3)32-40-19-47(2)46-32)17-26(44-45-30)42-28(50)18-38-13-6-15-56-16-14-39-22-9-4-7-20-29(22)36(54)48(35(20)53)25-11-12-27(49)43-33(25)51/h4-5,7-10,17,19,25,38-39H,6,11-16,18H2,1-3H3,(H,37,52)(H,43,49,51)(H2,41,42,44,50). The van der Waals surface area contributed by atoms with E-state index in [2.05, 4.69) is 52.2 Å². The molecule has 56 heavy (non-hydrogen) atoms. The normalized spacial score (nSPS) is 15.0. The van der Waals surface area contributed by atoms with Crippen LogP contribution in [0.3, 0.4) is 0 Å². The Balaban J connectivity index is 0.945. The number of amides is 6. The first-order chi connectivity index (χ1) is 27.1. The van der Waals surface area contributed by atoms with Crippen molar-refractivity contribution in [3.63, 3.8) is 0 Å². The predicted octanol–water partition coefficient (Wildman–Crippen LogP) is 0.832. The first-order valence-electron chi connectivity index (χ1n) is 17.7. The van der Waals surface area contributed by atoms with E-state index in [1.807, 2.05) is 0 Å². The lowest BCUT2D eigenvalue weighted by Crippen LogP contribution is -2.54. The number of nitrogens with one attached hydrogen (secondary N) is 6. The zero-order valence-corrected chi connectivity index (χ0v) is 30.8. The molecule has 4 aromatic rings. The second kappa shape index (κ2) is 17.6. The van der Waals surface area contributed by atoms with Crippen molar-refractivity contribution in [2.45, 2.75) is 25.3 Å². The Hall–Kier alpha value is -6.80. The van der Waals surface area contributed by atoms with Crippen LogP contribution in [0.25, 0.3) is 11.4 Å². The summed E-state index contributed by atoms with van der Waals surface area (Å²) < 4.78 is 12.9. The van der Waals surface area contributed by atoms with Crippen molar-refractivity contribution >= 4 is 58.3 Å². The van der Waals surface area contributed by atoms with Gasteiger partial charge in [0.15, 0.2) is 23.1 Å². The van der Waals surface area contributed by atoms with Crippen molar-refractivity contribution in [2.24, 2.45) is 7.05 Å². The number of carbonyl (C=O) groups is 6. The lowest BCUT2D eigenvalue weighted by molar-refractivity contribution is -0.136. The molecule has 0 aliphatic carbocycles. The minimum Gasteiger partial charge on any atom is -0.494 e. The van der Waals surface area contributed by atoms with Crippen LogP contribution < -0.4 is 36.6 Å². The number of para-hydroxylation sites is 1. The highest BCUT2D eigenvalue weighted by Gasteiger charge is 2.45. The number of hydrogen-bond acceptors (Lipinski definition) is 15. The number of aryl methyl sites for hydroxylation is 1. The third-order valence-electron chi connectivity index (χ3n) is 8.79. The monoisotopic (exact) mass is 768 g/mol. The fourth-order valence-corrected chi connectivity index (χ4v) is 6.18. The van der Waals surface area contributed by atoms with Crippen molar-refractivity contribution in [1.82, 2.24) is 45.8 Å². The molecule has 292 valence electrons. The summed E-state index contributed by atoms with van der Waals surface area (Å²) in [4.78, 5) is 80.8. The number of aromatic nitrogens is 5. The Labute approximate surface area is 320 Å². The van der Waals surface area contributed by atoms with Crippen molar-refractivity contribution in [1.29, 1.82) is 0 Å². The molecule has 0 radical (unpaired) electrons. The van der Waals surface area contributed by atoms with Gasteiger partial charge < -0.3 is 36.1 Å². The lowest BCUT2D eigenvalue weighted by atomic mass is 10.0. The molecule has 0 bridgehead atoms. The molecule has 0 spiro atoms. The molecule has 1 fully saturated rings. The van der Waals surface area contributed by atoms with Crippen LogP contribution in [0.5, 0.6) is 5.75 Å². The van der Waals surface area contributed by atoms with Gasteiger partial charge in [0.05, 0.1) is 48.3 Å². The summed E-state index contributed by atoms with van der Waals surface area (Å²) in [7, 11) is 4.73. The maximum absolute atomic E-state index is 13.2. The van der Waals surface area contributed by atoms with Crippen LogP contribution in [-0.2, 0) is 26.2 Å². The number of anilines is 4. The number of ether oxygens (including phenoxy) is 2. The second-order valence-electron chi connectivity index (χ2n) is 12.6. The van der Waals surface area contributed by atoms with Gasteiger partial charge in [0.1, 0.15) is 12.4 Å². The molecule has 20 nitrogen and oxygen atoms in total. The van der Waals surface area contributed by atoms with Crippen molar-refractivity contribution < 1.29 is 38.2 Å². The second-order valence-corrected chi connectivity index (χ2v) is 12.6. The minimum absolute atomic E-state index is 0.00469. The summed E-state index contributed by atoms with van der Waals surface area (Å²) in [6.45, 7) is 1.45. The molecule has 2 aromatic carbocycles. The molecule has 0 saturated carbocycles. The molecule has 4 heterocycles. The van der Waals surface area contributed by atoms with E-state index in [1.54, 1.807) is 48.4 Å². The van der Waals surface area contributed by atoms with Gasteiger partial charge >= 0.3 is 0 Å². The molecular formula is C36H40N12O8. The van der Waals surface area contributed by atoms with Crippen molar-refractivity contribution in [3.8, 4) is 17.1 Å². The summed E-state index contributed by atoms with van der Waals surface area (Å²) in [6, 6.07) is 10.6. The number of benzene rings is 2. The SMILES string of the molecule is CNC(=O)c1nnc(NC(=O)CNCCCOCCNc2cccc3c2C(=O)N(C2CCC(=O)NC2=O)C3=O)cc1Nc1cccc(-c2ncn(C)n2)c1OC. The van der Waals surface area contributed by atoms with E-state index < -0.39 is 35.6 Å². The number of carbonyl (C=O) groups excluding carboxylic acids is 6. The quantitative estimate of drug-likeness (QED) is 0.0643. The highest BCUT2D eigenvalue weighted by Crippen LogP contribution is 2.37. The molecular weight excluding hydrogens is 728 g/mol. The largest absolute Gasteiger partial charge is 0.494 e. The van der Waals surface area contributed by atoms with E-state index in [4.69, 9.17) is 9.47 Å². The topological polar surface area (TPSA) is 253 Å². The number of rotatable bonds is 17. The molecule has 2 aliphatic rings. The molecule has 6 rings (SSSR count). The zero-order chi connectivity index (χ0) is 39.8. The Morgan fingerprint density at radius 1 is 0.964 bits per heavy atom. The van der Waals surface area contributed by atoms with Gasteiger partial charge in [-0.2, -0.15) is 5.10 Å². The molecule has 2 aromatic heterocycles. The summed E-state index contributed by atoms with van der Waals surface area (Å²) in [5, 5.41) is 29.2. The summed E-state index contributed by atoms with van der Waals surface area (Å²) >= 11 is 0. The Morgan fingerprint density at radius 3 is 2.48 bits per heavy atom. The summed E-state index contributed by atoms with van der Waals surface area (Å²) in [6.07, 6.45) is 2.28. The van der Waals surface area contributed by atoms with E-state index in [0.717, 1.165) is 4.90 Å². The molecule has 1 saturated heterocycles. The highest BCUT2D eigenvalue weighted by atomic mass is 16.5. The number of hydrogen-bond donors (Lipinski definition) is 6. The molecule has 1 atom stereocenters. The number of methoxy groups -OCH3 is 1. The van der Waals surface area contributed by atoms with E-state index in [1.165, 1.54) is 26.3 Å². The van der Waals surface area contributed by atoms with Gasteiger partial charge in [-0.3, -0.25) is 43.7 Å². The summed E-state index contributed by atoms with van der Waals surface area (Å²) in [5.74, 6) is -2.16. The van der Waals surface area contributed by atoms with E-state index in [0.29, 0.717) is 61.2 Å². The molecule has 2 aliphatic heterocycles. The summed E-state index contributed by atoms with van der Waals surface area (Å²) in [5.41, 5.74) is 2.19. The first-order valence-corrected chi connectivity index (χ1v) is 17.7. The molecule has 6 N–H and O–H groups in total. The maximum atomic E-state index is 13.2. The van der Waals surface area contributed by atoms with Crippen LogP contribution in [0.15, 0.2) is 48.8 Å². The molecule has 20 heteroatoms. The fourth-order valence-electron chi connectivity index (χ4n) is 6.18. The van der Waals surface area contributed by atoms with Gasteiger partial charge in [0.2, 0.25) is 17.7 Å². The average molecular weight is 769 g/mol. The van der Waals surface area contributed by atoms with Gasteiger partial charge in [0, 0.05) is 45.4 Å². The van der Waals surface area contributed by atoms with Gasteiger partial charge in [-0.05, 0) is 43.7 Å². The van der Waals surface area contributed by atoms with Crippen LogP contribution in [0.1, 0.15) is 50.5 Å². The third kappa shape index (κ3) is 8.61. The van der Waals surface area contributed by atoms with Crippen LogP contribution in [0, 0.1) is 0 Å². The van der Waals surface area contributed by atoms with Crippen molar-refractivity contribution in [2.75, 3.05) is 63.0 Å². The Bertz CT molecular complexity index is 2170. The number of nitrogens with zero attached hydrogens (tertiary/aromatic N) is 6. The zero-order valence-electron chi connectivity index (χ0n) is 30.8. The average Bonchev–Trinajstić information content (AvgIpc) is 3.73. The Kier molecular flexibility index (Phi) is 12.2. The van der Waals surface area contributed by atoms with Crippen molar-refractivity contribution in [3.05, 3.63) is 65.6 Å². The van der Waals surface area contributed by atoms with Crippen LogP contribution in [0.2, 0.25) is 0 Å². The van der Waals surface area contributed by atoms with E-state index in [9.17, 15) is 28.8 Å². The van der Waals surface area contributed by atoms with Gasteiger partial charge in [-0.25, -0.2) is 4.98 Å². The van der Waals surface area contributed by atoms with Gasteiger partial charge in [-0.15, -0.1) is 10.2 Å². The van der Waals surface area contributed by atoms with E-state index >= 15 is 0 Å². The van der Waals surface area contributed by atoms with Gasteiger partial charge in [-0.1, -0.05) is 12.1 Å². The Morgan fingerprint density at radius 2 is 1.75 bits per heavy atom. The van der Waals surface area contributed by atoms with E-state index in [-0.39, 0.29) is 53.6 Å². The highest BCUT2D eigenvalue weighted by molar-refractivity contribution is 6.25. The third-order valence-corrected chi connectivity index (χ3v) is 8.79. The van der Waals surface area contributed by atoms with Crippen LogP contribution >= 0.6 is 0 Å². The number of imide groups is 2. The van der Waals surface area contributed by atoms with Gasteiger partial charge in [0.25, 0.3) is 17.7 Å². The number of fused-ring (bicyclic) bond motifs is 1. The van der Waals surface area contributed by atoms with Crippen LogP contribution in [-0.4, -0.2) is 118 Å². The lowest BCUT2D eigenvalue weighted by Gasteiger charge is -2.27. The smallest absolute Gasteiger partial charge is 0.273 e.